The van der Waals surface area contributed by atoms with Gasteiger partial charge in [0.15, 0.2) is 5.76 Å². The summed E-state index contributed by atoms with van der Waals surface area (Å²) in [5.74, 6) is -1.86. The summed E-state index contributed by atoms with van der Waals surface area (Å²) in [7, 11) is -3.02. The van der Waals surface area contributed by atoms with Crippen molar-refractivity contribution in [3.8, 4) is 11.3 Å². The van der Waals surface area contributed by atoms with Crippen molar-refractivity contribution in [2.75, 3.05) is 7.11 Å². The van der Waals surface area contributed by atoms with Gasteiger partial charge in [0.05, 0.1) is 27.6 Å². The van der Waals surface area contributed by atoms with Crippen LogP contribution in [0, 0.1) is 5.82 Å². The number of sulfonamides is 1. The lowest BCUT2D eigenvalue weighted by Gasteiger charge is -2.37. The molecule has 0 spiro atoms. The standard InChI is InChI=1S/C28H25Cl2FN2O7S/c1-38-27(34)15-9-16(31)11-20(10-15)41(36,37)33-17-7-8-18(33)13-19(12-17)39-28(35)24-25(32-40-26(24)14-5-6-14)23-21(29)3-2-4-22(23)30/h2-4,9-11,14,17-19H,5-8,12-13H2,1H3/t17-,18+,19?. The predicted molar refractivity (Wildman–Crippen MR) is 146 cm³/mol. The van der Waals surface area contributed by atoms with E-state index in [1.807, 2.05) is 0 Å². The van der Waals surface area contributed by atoms with E-state index in [0.717, 1.165) is 38.2 Å². The van der Waals surface area contributed by atoms with Crippen molar-refractivity contribution in [1.29, 1.82) is 0 Å². The maximum atomic E-state index is 14.3. The molecule has 3 aromatic rings. The molecular formula is C28H25Cl2FN2O7S. The molecule has 3 fully saturated rings. The van der Waals surface area contributed by atoms with Crippen LogP contribution in [-0.2, 0) is 19.5 Å². The van der Waals surface area contributed by atoms with E-state index in [9.17, 15) is 22.4 Å². The first-order valence-corrected chi connectivity index (χ1v) is 15.4. The zero-order valence-electron chi connectivity index (χ0n) is 21.8. The van der Waals surface area contributed by atoms with Gasteiger partial charge in [-0.3, -0.25) is 0 Å². The molecule has 0 radical (unpaired) electrons. The van der Waals surface area contributed by atoms with Crippen LogP contribution in [-0.4, -0.2) is 55.1 Å². The Labute approximate surface area is 245 Å². The second kappa shape index (κ2) is 10.7. The summed E-state index contributed by atoms with van der Waals surface area (Å²) in [6.07, 6.45) is 2.75. The summed E-state index contributed by atoms with van der Waals surface area (Å²) in [5, 5.41) is 4.76. The summed E-state index contributed by atoms with van der Waals surface area (Å²) in [5.41, 5.74) is 0.570. The molecule has 3 atom stereocenters. The monoisotopic (exact) mass is 622 g/mol. The Balaban J connectivity index is 1.25. The molecule has 2 saturated heterocycles. The quantitative estimate of drug-likeness (QED) is 0.295. The van der Waals surface area contributed by atoms with Crippen LogP contribution in [0.3, 0.4) is 0 Å². The van der Waals surface area contributed by atoms with Gasteiger partial charge in [-0.1, -0.05) is 34.4 Å². The van der Waals surface area contributed by atoms with E-state index in [4.69, 9.17) is 32.5 Å². The van der Waals surface area contributed by atoms with Crippen molar-refractivity contribution in [3.05, 3.63) is 69.1 Å². The van der Waals surface area contributed by atoms with E-state index in [1.54, 1.807) is 18.2 Å². The first kappa shape index (κ1) is 28.1. The first-order chi connectivity index (χ1) is 19.6. The molecule has 1 aromatic heterocycles. The molecule has 3 heterocycles. The molecule has 216 valence electrons. The molecule has 2 bridgehead atoms. The van der Waals surface area contributed by atoms with Crippen LogP contribution >= 0.6 is 23.2 Å². The van der Waals surface area contributed by atoms with Crippen LogP contribution in [0.2, 0.25) is 10.0 Å². The molecular weight excluding hydrogens is 598 g/mol. The molecule has 3 aliphatic rings. The fraction of sp³-hybridized carbons (Fsp3) is 0.393. The van der Waals surface area contributed by atoms with Crippen molar-refractivity contribution >= 4 is 45.2 Å². The number of aromatic nitrogens is 1. The third kappa shape index (κ3) is 5.13. The average molecular weight is 623 g/mol. The number of carbonyl (C=O) groups excluding carboxylic acids is 2. The number of hydrogen-bond acceptors (Lipinski definition) is 8. The van der Waals surface area contributed by atoms with Crippen molar-refractivity contribution in [2.24, 2.45) is 0 Å². The van der Waals surface area contributed by atoms with E-state index in [0.29, 0.717) is 34.2 Å². The van der Waals surface area contributed by atoms with Gasteiger partial charge in [0.1, 0.15) is 23.2 Å². The van der Waals surface area contributed by atoms with Crippen LogP contribution in [0.25, 0.3) is 11.3 Å². The minimum Gasteiger partial charge on any atom is -0.465 e. The Hall–Kier alpha value is -2.99. The summed E-state index contributed by atoms with van der Waals surface area (Å²) in [6, 6.07) is 6.96. The maximum Gasteiger partial charge on any atom is 0.344 e. The Morgan fingerprint density at radius 2 is 1.68 bits per heavy atom. The fourth-order valence-electron chi connectivity index (χ4n) is 5.87. The van der Waals surface area contributed by atoms with Crippen molar-refractivity contribution in [3.63, 3.8) is 0 Å². The average Bonchev–Trinajstić information content (AvgIpc) is 3.62. The lowest BCUT2D eigenvalue weighted by Crippen LogP contribution is -2.48. The van der Waals surface area contributed by atoms with Gasteiger partial charge >= 0.3 is 11.9 Å². The predicted octanol–water partition coefficient (Wildman–Crippen LogP) is 5.99. The van der Waals surface area contributed by atoms with Crippen LogP contribution in [0.15, 0.2) is 45.8 Å². The topological polar surface area (TPSA) is 116 Å². The molecule has 13 heteroatoms. The number of ether oxygens (including phenoxy) is 2. The van der Waals surface area contributed by atoms with Crippen molar-refractivity contribution < 1.29 is 36.4 Å². The highest BCUT2D eigenvalue weighted by Gasteiger charge is 2.49. The number of rotatable bonds is 7. The second-order valence-corrected chi connectivity index (χ2v) is 13.2. The highest BCUT2D eigenvalue weighted by atomic mass is 35.5. The Morgan fingerprint density at radius 1 is 1.02 bits per heavy atom. The highest BCUT2D eigenvalue weighted by molar-refractivity contribution is 7.89. The van der Waals surface area contributed by atoms with Crippen LogP contribution in [0.4, 0.5) is 4.39 Å². The molecule has 2 aromatic carbocycles. The molecule has 0 amide bonds. The summed E-state index contributed by atoms with van der Waals surface area (Å²) < 4.78 is 59.1. The molecule has 9 nitrogen and oxygen atoms in total. The zero-order valence-corrected chi connectivity index (χ0v) is 24.1. The van der Waals surface area contributed by atoms with Crippen molar-refractivity contribution in [2.45, 2.75) is 67.5 Å². The molecule has 41 heavy (non-hydrogen) atoms. The number of nitrogens with zero attached hydrogens (tertiary/aromatic N) is 2. The fourth-order valence-corrected chi connectivity index (χ4v) is 8.40. The third-order valence-electron chi connectivity index (χ3n) is 7.83. The van der Waals surface area contributed by atoms with Crippen LogP contribution in [0.1, 0.15) is 70.9 Å². The Morgan fingerprint density at radius 3 is 2.29 bits per heavy atom. The number of hydrogen-bond donors (Lipinski definition) is 0. The van der Waals surface area contributed by atoms with Crippen molar-refractivity contribution in [1.82, 2.24) is 9.46 Å². The van der Waals surface area contributed by atoms with Gasteiger partial charge in [0.2, 0.25) is 10.0 Å². The van der Waals surface area contributed by atoms with Gasteiger partial charge < -0.3 is 14.0 Å². The summed E-state index contributed by atoms with van der Waals surface area (Å²) in [6.45, 7) is 0. The van der Waals surface area contributed by atoms with Crippen LogP contribution < -0.4 is 0 Å². The van der Waals surface area contributed by atoms with Crippen LogP contribution in [0.5, 0.6) is 0 Å². The molecule has 6 rings (SSSR count). The van der Waals surface area contributed by atoms with E-state index >= 15 is 0 Å². The molecule has 2 aliphatic heterocycles. The zero-order chi connectivity index (χ0) is 29.1. The Bertz CT molecular complexity index is 1620. The smallest absolute Gasteiger partial charge is 0.344 e. The number of benzene rings is 2. The normalized spacial score (nSPS) is 22.5. The summed E-state index contributed by atoms with van der Waals surface area (Å²) >= 11 is 12.8. The number of halogens is 3. The molecule has 1 saturated carbocycles. The first-order valence-electron chi connectivity index (χ1n) is 13.2. The number of fused-ring (bicyclic) bond motifs is 2. The maximum absolute atomic E-state index is 14.3. The van der Waals surface area contributed by atoms with E-state index in [-0.39, 0.29) is 40.5 Å². The number of piperidine rings is 1. The molecule has 1 unspecified atom stereocenters. The van der Waals surface area contributed by atoms with Gasteiger partial charge in [-0.25, -0.2) is 22.4 Å². The lowest BCUT2D eigenvalue weighted by molar-refractivity contribution is 0.00824. The van der Waals surface area contributed by atoms with Gasteiger partial charge in [0.25, 0.3) is 0 Å². The third-order valence-corrected chi connectivity index (χ3v) is 10.4. The SMILES string of the molecule is COC(=O)c1cc(F)cc(S(=O)(=O)N2[C@@H]3CC[C@H]2CC(OC(=O)c2c(-c4c(Cl)cccc4Cl)noc2C2CC2)C3)c1. The molecule has 0 N–H and O–H groups in total. The number of methoxy groups -OCH3 is 1. The minimum absolute atomic E-state index is 0.0457. The van der Waals surface area contributed by atoms with E-state index in [2.05, 4.69) is 9.89 Å². The number of carbonyl (C=O) groups is 2. The highest BCUT2D eigenvalue weighted by Crippen LogP contribution is 2.47. The van der Waals surface area contributed by atoms with Gasteiger partial charge in [-0.05, 0) is 56.0 Å². The van der Waals surface area contributed by atoms with Gasteiger partial charge in [0, 0.05) is 36.4 Å². The molecule has 1 aliphatic carbocycles. The van der Waals surface area contributed by atoms with E-state index in [1.165, 1.54) is 4.31 Å². The minimum atomic E-state index is -4.15. The Kier molecular flexibility index (Phi) is 7.34. The summed E-state index contributed by atoms with van der Waals surface area (Å²) in [4.78, 5) is 25.2. The van der Waals surface area contributed by atoms with Gasteiger partial charge in [-0.15, -0.1) is 0 Å². The van der Waals surface area contributed by atoms with E-state index < -0.39 is 46.0 Å². The lowest BCUT2D eigenvalue weighted by atomic mass is 10.0. The number of esters is 2. The largest absolute Gasteiger partial charge is 0.465 e. The van der Waals surface area contributed by atoms with Gasteiger partial charge in [-0.2, -0.15) is 4.31 Å². The second-order valence-electron chi connectivity index (χ2n) is 10.5.